The van der Waals surface area contributed by atoms with Crippen LogP contribution < -0.4 is 5.32 Å². The number of hydrogen-bond acceptors (Lipinski definition) is 2. The third-order valence-corrected chi connectivity index (χ3v) is 3.46. The molecule has 1 heterocycles. The molecule has 0 aromatic carbocycles. The summed E-state index contributed by atoms with van der Waals surface area (Å²) in [5.74, 6) is 0.773. The highest BCUT2D eigenvalue weighted by Gasteiger charge is 2.23. The minimum absolute atomic E-state index is 0.731. The van der Waals surface area contributed by atoms with Gasteiger partial charge in [-0.15, -0.1) is 0 Å². The van der Waals surface area contributed by atoms with Crippen LogP contribution in [0.5, 0.6) is 0 Å². The van der Waals surface area contributed by atoms with Crippen molar-refractivity contribution in [3.05, 3.63) is 0 Å². The Morgan fingerprint density at radius 3 is 2.64 bits per heavy atom. The van der Waals surface area contributed by atoms with Crippen LogP contribution in [0.15, 0.2) is 0 Å². The van der Waals surface area contributed by atoms with E-state index in [1.807, 2.05) is 0 Å². The summed E-state index contributed by atoms with van der Waals surface area (Å²) in [7, 11) is 0. The Labute approximate surface area is 89.1 Å². The van der Waals surface area contributed by atoms with E-state index < -0.39 is 0 Å². The van der Waals surface area contributed by atoms with Crippen LogP contribution >= 0.6 is 0 Å². The SMILES string of the molecule is CCCC1CN(C(C)C(C)C)CCN1. The zero-order valence-electron chi connectivity index (χ0n) is 10.2. The zero-order chi connectivity index (χ0) is 10.6. The van der Waals surface area contributed by atoms with Crippen molar-refractivity contribution in [2.24, 2.45) is 5.92 Å². The van der Waals surface area contributed by atoms with E-state index >= 15 is 0 Å². The summed E-state index contributed by atoms with van der Waals surface area (Å²) < 4.78 is 0. The van der Waals surface area contributed by atoms with Crippen LogP contribution in [0.2, 0.25) is 0 Å². The van der Waals surface area contributed by atoms with E-state index in [-0.39, 0.29) is 0 Å². The number of hydrogen-bond donors (Lipinski definition) is 1. The molecule has 1 N–H and O–H groups in total. The Balaban J connectivity index is 2.39. The summed E-state index contributed by atoms with van der Waals surface area (Å²) in [6.45, 7) is 12.9. The molecule has 1 saturated heterocycles. The average Bonchev–Trinajstić information content (AvgIpc) is 2.17. The molecule has 0 spiro atoms. The van der Waals surface area contributed by atoms with Crippen LogP contribution in [0, 0.1) is 5.92 Å². The van der Waals surface area contributed by atoms with Crippen LogP contribution in [0.1, 0.15) is 40.5 Å². The van der Waals surface area contributed by atoms with Gasteiger partial charge >= 0.3 is 0 Å². The monoisotopic (exact) mass is 198 g/mol. The van der Waals surface area contributed by atoms with Crippen molar-refractivity contribution in [3.63, 3.8) is 0 Å². The normalized spacial score (nSPS) is 26.8. The van der Waals surface area contributed by atoms with Crippen LogP contribution in [-0.4, -0.2) is 36.6 Å². The molecule has 0 bridgehead atoms. The predicted molar refractivity (Wildman–Crippen MR) is 62.6 cm³/mol. The Hall–Kier alpha value is -0.0800. The summed E-state index contributed by atoms with van der Waals surface area (Å²) >= 11 is 0. The minimum atomic E-state index is 0.731. The number of nitrogens with one attached hydrogen (secondary N) is 1. The van der Waals surface area contributed by atoms with E-state index in [9.17, 15) is 0 Å². The summed E-state index contributed by atoms with van der Waals surface area (Å²) in [5, 5.41) is 3.60. The molecule has 0 aliphatic carbocycles. The first-order valence-electron chi connectivity index (χ1n) is 6.12. The van der Waals surface area contributed by atoms with Crippen LogP contribution in [0.4, 0.5) is 0 Å². The van der Waals surface area contributed by atoms with Crippen molar-refractivity contribution >= 4 is 0 Å². The molecule has 0 amide bonds. The summed E-state index contributed by atoms with van der Waals surface area (Å²) in [4.78, 5) is 2.64. The molecule has 1 fully saturated rings. The highest BCUT2D eigenvalue weighted by Crippen LogP contribution is 2.14. The molecule has 0 radical (unpaired) electrons. The third-order valence-electron chi connectivity index (χ3n) is 3.46. The fraction of sp³-hybridized carbons (Fsp3) is 1.00. The van der Waals surface area contributed by atoms with Gasteiger partial charge in [-0.1, -0.05) is 27.2 Å². The van der Waals surface area contributed by atoms with Crippen LogP contribution in [0.25, 0.3) is 0 Å². The topological polar surface area (TPSA) is 15.3 Å². The Bertz CT molecular complexity index is 154. The molecule has 2 heteroatoms. The molecule has 0 aromatic heterocycles. The molecule has 1 rings (SSSR count). The maximum Gasteiger partial charge on any atom is 0.0195 e. The fourth-order valence-corrected chi connectivity index (χ4v) is 2.18. The zero-order valence-corrected chi connectivity index (χ0v) is 10.2. The molecule has 14 heavy (non-hydrogen) atoms. The van der Waals surface area contributed by atoms with Gasteiger partial charge in [0.2, 0.25) is 0 Å². The van der Waals surface area contributed by atoms with Crippen molar-refractivity contribution in [2.75, 3.05) is 19.6 Å². The second kappa shape index (κ2) is 5.72. The quantitative estimate of drug-likeness (QED) is 0.744. The second-order valence-corrected chi connectivity index (χ2v) is 4.92. The lowest BCUT2D eigenvalue weighted by Crippen LogP contribution is -2.54. The van der Waals surface area contributed by atoms with Crippen molar-refractivity contribution in [1.29, 1.82) is 0 Å². The average molecular weight is 198 g/mol. The fourth-order valence-electron chi connectivity index (χ4n) is 2.18. The lowest BCUT2D eigenvalue weighted by atomic mass is 10.0. The van der Waals surface area contributed by atoms with Gasteiger partial charge in [0.1, 0.15) is 0 Å². The molecule has 2 atom stereocenters. The smallest absolute Gasteiger partial charge is 0.0195 e. The predicted octanol–water partition coefficient (Wildman–Crippen LogP) is 2.10. The molecule has 1 aliphatic rings. The standard InChI is InChI=1S/C12H26N2/c1-5-6-12-9-14(8-7-13-12)11(4)10(2)3/h10-13H,5-9H2,1-4H3. The van der Waals surface area contributed by atoms with Crippen molar-refractivity contribution in [2.45, 2.75) is 52.6 Å². The molecular weight excluding hydrogens is 172 g/mol. The van der Waals surface area contributed by atoms with Gasteiger partial charge < -0.3 is 5.32 Å². The Morgan fingerprint density at radius 1 is 1.36 bits per heavy atom. The van der Waals surface area contributed by atoms with E-state index in [0.717, 1.165) is 18.0 Å². The Kier molecular flexibility index (Phi) is 4.90. The third kappa shape index (κ3) is 3.25. The Morgan fingerprint density at radius 2 is 2.07 bits per heavy atom. The number of nitrogens with zero attached hydrogens (tertiary/aromatic N) is 1. The summed E-state index contributed by atoms with van der Waals surface area (Å²) in [6, 6.07) is 1.46. The number of piperazine rings is 1. The molecule has 84 valence electrons. The summed E-state index contributed by atoms with van der Waals surface area (Å²) in [5.41, 5.74) is 0. The lowest BCUT2D eigenvalue weighted by Gasteiger charge is -2.39. The van der Waals surface area contributed by atoms with Crippen LogP contribution in [-0.2, 0) is 0 Å². The molecule has 0 saturated carbocycles. The maximum atomic E-state index is 3.60. The molecule has 1 aliphatic heterocycles. The highest BCUT2D eigenvalue weighted by atomic mass is 15.2. The van der Waals surface area contributed by atoms with E-state index in [2.05, 4.69) is 37.9 Å². The highest BCUT2D eigenvalue weighted by molar-refractivity contribution is 4.82. The van der Waals surface area contributed by atoms with Gasteiger partial charge in [-0.2, -0.15) is 0 Å². The van der Waals surface area contributed by atoms with Gasteiger partial charge in [-0.3, -0.25) is 4.90 Å². The van der Waals surface area contributed by atoms with E-state index in [1.165, 1.54) is 32.5 Å². The molecule has 2 unspecified atom stereocenters. The van der Waals surface area contributed by atoms with E-state index in [4.69, 9.17) is 0 Å². The summed E-state index contributed by atoms with van der Waals surface area (Å²) in [6.07, 6.45) is 2.61. The maximum absolute atomic E-state index is 3.60. The minimum Gasteiger partial charge on any atom is -0.311 e. The van der Waals surface area contributed by atoms with Gasteiger partial charge in [-0.05, 0) is 19.3 Å². The number of rotatable bonds is 4. The van der Waals surface area contributed by atoms with Crippen molar-refractivity contribution in [3.8, 4) is 0 Å². The van der Waals surface area contributed by atoms with E-state index in [1.54, 1.807) is 0 Å². The van der Waals surface area contributed by atoms with Gasteiger partial charge in [0.25, 0.3) is 0 Å². The molecule has 2 nitrogen and oxygen atoms in total. The van der Waals surface area contributed by atoms with E-state index in [0.29, 0.717) is 0 Å². The largest absolute Gasteiger partial charge is 0.311 e. The first kappa shape index (κ1) is 12.0. The second-order valence-electron chi connectivity index (χ2n) is 4.92. The van der Waals surface area contributed by atoms with Gasteiger partial charge in [0.05, 0.1) is 0 Å². The van der Waals surface area contributed by atoms with Crippen molar-refractivity contribution < 1.29 is 0 Å². The molecular formula is C12H26N2. The first-order chi connectivity index (χ1) is 6.65. The van der Waals surface area contributed by atoms with Gasteiger partial charge in [-0.25, -0.2) is 0 Å². The van der Waals surface area contributed by atoms with Gasteiger partial charge in [0, 0.05) is 31.7 Å². The van der Waals surface area contributed by atoms with Crippen LogP contribution in [0.3, 0.4) is 0 Å². The van der Waals surface area contributed by atoms with Gasteiger partial charge in [0.15, 0.2) is 0 Å². The lowest BCUT2D eigenvalue weighted by molar-refractivity contribution is 0.121. The molecule has 0 aromatic rings. The van der Waals surface area contributed by atoms with Crippen molar-refractivity contribution in [1.82, 2.24) is 10.2 Å². The first-order valence-corrected chi connectivity index (χ1v) is 6.12.